The van der Waals surface area contributed by atoms with E-state index in [0.717, 1.165) is 37.5 Å². The Morgan fingerprint density at radius 3 is 2.19 bits per heavy atom. The first-order valence-electron chi connectivity index (χ1n) is 10.9. The fourth-order valence-corrected chi connectivity index (χ4v) is 4.80. The van der Waals surface area contributed by atoms with Crippen molar-refractivity contribution in [3.8, 4) is 0 Å². The molecule has 6 nitrogen and oxygen atoms in total. The number of benzene rings is 3. The number of carbonyl (C=O) groups is 2. The van der Waals surface area contributed by atoms with Crippen LogP contribution in [0, 0.1) is 0 Å². The van der Waals surface area contributed by atoms with E-state index in [1.807, 2.05) is 12.1 Å². The van der Waals surface area contributed by atoms with Crippen molar-refractivity contribution >= 4 is 28.3 Å². The van der Waals surface area contributed by atoms with E-state index in [2.05, 4.69) is 39.0 Å². The van der Waals surface area contributed by atoms with E-state index in [9.17, 15) is 9.59 Å². The predicted octanol–water partition coefficient (Wildman–Crippen LogP) is 3.66. The van der Waals surface area contributed by atoms with E-state index in [4.69, 9.17) is 4.98 Å². The number of fused-ring (bicyclic) bond motifs is 4. The molecular weight excluding hydrogens is 400 g/mol. The van der Waals surface area contributed by atoms with Gasteiger partial charge >= 0.3 is 0 Å². The van der Waals surface area contributed by atoms with Gasteiger partial charge < -0.3 is 9.88 Å². The Labute approximate surface area is 185 Å². The van der Waals surface area contributed by atoms with Crippen molar-refractivity contribution in [2.75, 3.05) is 31.1 Å². The van der Waals surface area contributed by atoms with E-state index >= 15 is 0 Å². The van der Waals surface area contributed by atoms with Crippen LogP contribution in [0.25, 0.3) is 11.0 Å². The number of nitrogens with zero attached hydrogens (tertiary/aromatic N) is 3. The Balaban J connectivity index is 1.26. The van der Waals surface area contributed by atoms with Crippen molar-refractivity contribution in [2.24, 2.45) is 0 Å². The molecule has 158 valence electrons. The highest BCUT2D eigenvalue weighted by atomic mass is 16.1. The molecule has 0 amide bonds. The lowest BCUT2D eigenvalue weighted by Gasteiger charge is -2.35. The zero-order valence-corrected chi connectivity index (χ0v) is 17.5. The lowest BCUT2D eigenvalue weighted by atomic mass is 9.83. The van der Waals surface area contributed by atoms with Crippen LogP contribution < -0.4 is 4.90 Å². The minimum Gasteiger partial charge on any atom is -0.369 e. The minimum absolute atomic E-state index is 0.106. The van der Waals surface area contributed by atoms with Crippen LogP contribution in [0.15, 0.2) is 66.7 Å². The van der Waals surface area contributed by atoms with Crippen LogP contribution in [0.5, 0.6) is 0 Å². The van der Waals surface area contributed by atoms with Gasteiger partial charge in [0.25, 0.3) is 0 Å². The molecule has 0 saturated carbocycles. The fraction of sp³-hybridized carbons (Fsp3) is 0.192. The third kappa shape index (κ3) is 3.03. The lowest BCUT2D eigenvalue weighted by molar-refractivity contribution is 0.0980. The lowest BCUT2D eigenvalue weighted by Crippen LogP contribution is -2.46. The van der Waals surface area contributed by atoms with Gasteiger partial charge in [0.1, 0.15) is 5.82 Å². The maximum atomic E-state index is 13.2. The molecule has 3 aromatic carbocycles. The van der Waals surface area contributed by atoms with Gasteiger partial charge in [0.05, 0.1) is 23.1 Å². The molecule has 0 spiro atoms. The highest BCUT2D eigenvalue weighted by molar-refractivity contribution is 6.31. The number of aromatic amines is 1. The molecule has 1 N–H and O–H groups in total. The van der Waals surface area contributed by atoms with E-state index < -0.39 is 0 Å². The third-order valence-corrected chi connectivity index (χ3v) is 6.46. The Bertz CT molecular complexity index is 1350. The van der Waals surface area contributed by atoms with Crippen molar-refractivity contribution in [3.63, 3.8) is 0 Å². The Morgan fingerprint density at radius 2 is 1.44 bits per heavy atom. The second kappa shape index (κ2) is 7.43. The third-order valence-electron chi connectivity index (χ3n) is 6.46. The number of H-pyrrole nitrogens is 1. The number of anilines is 1. The summed E-state index contributed by atoms with van der Waals surface area (Å²) >= 11 is 0. The molecule has 1 fully saturated rings. The van der Waals surface area contributed by atoms with Crippen LogP contribution in [-0.4, -0.2) is 52.6 Å². The molecule has 1 saturated heterocycles. The van der Waals surface area contributed by atoms with E-state index in [0.29, 0.717) is 34.3 Å². The second-order valence-corrected chi connectivity index (χ2v) is 8.37. The summed E-state index contributed by atoms with van der Waals surface area (Å²) in [6, 6.07) is 21.1. The van der Waals surface area contributed by atoms with Crippen LogP contribution in [0.1, 0.15) is 37.7 Å². The van der Waals surface area contributed by atoms with Gasteiger partial charge in [0, 0.05) is 48.6 Å². The molecule has 0 bridgehead atoms. The predicted molar refractivity (Wildman–Crippen MR) is 123 cm³/mol. The van der Waals surface area contributed by atoms with Crippen LogP contribution in [-0.2, 0) is 6.54 Å². The number of nitrogens with one attached hydrogen (secondary N) is 1. The standard InChI is InChI=1S/C26H22N4O2/c31-25-18-8-4-5-9-19(18)26(32)23-20(25)10-11-21-24(23)28-22(27-21)16-29-12-14-30(15-13-29)17-6-2-1-3-7-17/h1-11H,12-16H2,(H,27,28). The SMILES string of the molecule is O=C1c2ccccc2C(=O)c2c1ccc1nc(CN3CCN(c4ccccc4)CC3)[nH]c21. The number of ketones is 2. The number of piperazine rings is 1. The summed E-state index contributed by atoms with van der Waals surface area (Å²) in [6.07, 6.45) is 0. The number of imidazole rings is 1. The molecule has 6 rings (SSSR count). The minimum atomic E-state index is -0.118. The summed E-state index contributed by atoms with van der Waals surface area (Å²) in [5.41, 5.74) is 4.47. The topological polar surface area (TPSA) is 69.3 Å². The molecule has 1 aliphatic carbocycles. The molecule has 2 heterocycles. The molecule has 1 aliphatic heterocycles. The van der Waals surface area contributed by atoms with Gasteiger partial charge in [-0.05, 0) is 24.3 Å². The molecule has 0 radical (unpaired) electrons. The summed E-state index contributed by atoms with van der Waals surface area (Å²) in [5.74, 6) is 0.596. The first kappa shape index (κ1) is 19.0. The maximum absolute atomic E-state index is 13.2. The van der Waals surface area contributed by atoms with E-state index in [1.165, 1.54) is 5.69 Å². The summed E-state index contributed by atoms with van der Waals surface area (Å²) in [6.45, 7) is 4.49. The van der Waals surface area contributed by atoms with Gasteiger partial charge in [-0.25, -0.2) is 4.98 Å². The average molecular weight is 422 g/mol. The van der Waals surface area contributed by atoms with Crippen LogP contribution in [0.2, 0.25) is 0 Å². The Morgan fingerprint density at radius 1 is 0.750 bits per heavy atom. The molecule has 0 atom stereocenters. The van der Waals surface area contributed by atoms with Gasteiger partial charge in [0.15, 0.2) is 11.6 Å². The number of hydrogen-bond acceptors (Lipinski definition) is 5. The first-order chi connectivity index (χ1) is 15.7. The average Bonchev–Trinajstić information content (AvgIpc) is 3.25. The van der Waals surface area contributed by atoms with E-state index in [1.54, 1.807) is 30.3 Å². The zero-order valence-electron chi connectivity index (χ0n) is 17.5. The fourth-order valence-electron chi connectivity index (χ4n) is 4.80. The van der Waals surface area contributed by atoms with Crippen LogP contribution in [0.4, 0.5) is 5.69 Å². The van der Waals surface area contributed by atoms with Crippen molar-refractivity contribution in [3.05, 3.63) is 94.8 Å². The molecule has 32 heavy (non-hydrogen) atoms. The quantitative estimate of drug-likeness (QED) is 0.481. The summed E-state index contributed by atoms with van der Waals surface area (Å²) in [5, 5.41) is 0. The number of carbonyl (C=O) groups excluding carboxylic acids is 2. The van der Waals surface area contributed by atoms with Gasteiger partial charge in [-0.1, -0.05) is 42.5 Å². The van der Waals surface area contributed by atoms with Crippen molar-refractivity contribution in [1.82, 2.24) is 14.9 Å². The molecule has 4 aromatic rings. The van der Waals surface area contributed by atoms with Crippen molar-refractivity contribution in [2.45, 2.75) is 6.54 Å². The Hall–Kier alpha value is -3.77. The normalized spacial score (nSPS) is 16.3. The number of aromatic nitrogens is 2. The van der Waals surface area contributed by atoms with Crippen molar-refractivity contribution < 1.29 is 9.59 Å². The Kier molecular flexibility index (Phi) is 4.40. The van der Waals surface area contributed by atoms with Gasteiger partial charge in [-0.3, -0.25) is 14.5 Å². The van der Waals surface area contributed by atoms with Gasteiger partial charge in [-0.2, -0.15) is 0 Å². The first-order valence-corrected chi connectivity index (χ1v) is 10.9. The van der Waals surface area contributed by atoms with Crippen molar-refractivity contribution in [1.29, 1.82) is 0 Å². The summed E-state index contributed by atoms with van der Waals surface area (Å²) < 4.78 is 0. The number of para-hydroxylation sites is 1. The molecule has 0 unspecified atom stereocenters. The number of hydrogen-bond donors (Lipinski definition) is 1. The highest BCUT2D eigenvalue weighted by Crippen LogP contribution is 2.31. The molecule has 6 heteroatoms. The van der Waals surface area contributed by atoms with Gasteiger partial charge in [-0.15, -0.1) is 0 Å². The molecule has 1 aromatic heterocycles. The molecular formula is C26H22N4O2. The molecule has 2 aliphatic rings. The maximum Gasteiger partial charge on any atom is 0.196 e. The summed E-state index contributed by atoms with van der Waals surface area (Å²) in [7, 11) is 0. The number of rotatable bonds is 3. The largest absolute Gasteiger partial charge is 0.369 e. The van der Waals surface area contributed by atoms with Gasteiger partial charge in [0.2, 0.25) is 0 Å². The zero-order chi connectivity index (χ0) is 21.7. The van der Waals surface area contributed by atoms with Crippen LogP contribution in [0.3, 0.4) is 0 Å². The van der Waals surface area contributed by atoms with Crippen LogP contribution >= 0.6 is 0 Å². The van der Waals surface area contributed by atoms with E-state index in [-0.39, 0.29) is 11.6 Å². The second-order valence-electron chi connectivity index (χ2n) is 8.37. The summed E-state index contributed by atoms with van der Waals surface area (Å²) in [4.78, 5) is 39.0. The smallest absolute Gasteiger partial charge is 0.196 e. The highest BCUT2D eigenvalue weighted by Gasteiger charge is 2.32. The monoisotopic (exact) mass is 422 g/mol.